The lowest BCUT2D eigenvalue weighted by atomic mass is 9.88. The fraction of sp³-hybridized carbons (Fsp3) is 0.950. The van der Waals surface area contributed by atoms with Gasteiger partial charge in [-0.2, -0.15) is 11.8 Å². The van der Waals surface area contributed by atoms with Crippen molar-refractivity contribution in [2.24, 2.45) is 4.99 Å². The quantitative estimate of drug-likeness (QED) is 0.227. The lowest BCUT2D eigenvalue weighted by Gasteiger charge is -2.27. The molecule has 0 aliphatic carbocycles. The summed E-state index contributed by atoms with van der Waals surface area (Å²) in [5, 5.41) is 0. The monoisotopic (exact) mass is 327 g/mol. The van der Waals surface area contributed by atoms with Crippen LogP contribution in [0.25, 0.3) is 0 Å². The summed E-state index contributed by atoms with van der Waals surface area (Å²) in [4.78, 5) is 5.16. The zero-order valence-electron chi connectivity index (χ0n) is 16.0. The summed E-state index contributed by atoms with van der Waals surface area (Å²) in [5.74, 6) is 2.30. The first kappa shape index (κ1) is 22.0. The van der Waals surface area contributed by atoms with Crippen LogP contribution in [0.2, 0.25) is 0 Å². The lowest BCUT2D eigenvalue weighted by Crippen LogP contribution is -2.24. The smallest absolute Gasteiger partial charge is 0.0579 e. The van der Waals surface area contributed by atoms with Crippen LogP contribution < -0.4 is 0 Å². The highest BCUT2D eigenvalue weighted by molar-refractivity contribution is 7.99. The molecule has 0 N–H and O–H groups in total. The number of nitrogens with zero attached hydrogens (tertiary/aromatic N) is 1. The SMILES string of the molecule is CCCCCCCC(C)(CCCCCC)/N=C(/C)CSCC. The van der Waals surface area contributed by atoms with Gasteiger partial charge in [-0.25, -0.2) is 0 Å². The maximum atomic E-state index is 5.16. The van der Waals surface area contributed by atoms with E-state index in [0.717, 1.165) is 5.75 Å². The minimum Gasteiger partial charge on any atom is -0.287 e. The number of hydrogen-bond acceptors (Lipinski definition) is 2. The molecule has 0 aromatic heterocycles. The van der Waals surface area contributed by atoms with Gasteiger partial charge in [-0.1, -0.05) is 78.6 Å². The molecule has 0 aliphatic rings. The molecule has 1 nitrogen and oxygen atoms in total. The lowest BCUT2D eigenvalue weighted by molar-refractivity contribution is 0.368. The molecule has 0 rings (SSSR count). The topological polar surface area (TPSA) is 12.4 Å². The van der Waals surface area contributed by atoms with Crippen LogP contribution in [-0.4, -0.2) is 22.8 Å². The summed E-state index contributed by atoms with van der Waals surface area (Å²) in [6.07, 6.45) is 14.8. The molecule has 0 radical (unpaired) electrons. The molecule has 1 atom stereocenters. The van der Waals surface area contributed by atoms with Gasteiger partial charge in [0, 0.05) is 11.5 Å². The molecular formula is C20H41NS. The van der Waals surface area contributed by atoms with Crippen molar-refractivity contribution in [2.45, 2.75) is 111 Å². The Labute approximate surface area is 145 Å². The van der Waals surface area contributed by atoms with Crippen LogP contribution >= 0.6 is 11.8 Å². The zero-order chi connectivity index (χ0) is 16.7. The minimum absolute atomic E-state index is 0.193. The van der Waals surface area contributed by atoms with Crippen molar-refractivity contribution in [3.8, 4) is 0 Å². The van der Waals surface area contributed by atoms with Gasteiger partial charge in [0.2, 0.25) is 0 Å². The van der Waals surface area contributed by atoms with E-state index >= 15 is 0 Å². The number of rotatable bonds is 15. The van der Waals surface area contributed by atoms with Crippen LogP contribution in [0.15, 0.2) is 4.99 Å². The molecule has 0 aromatic rings. The Morgan fingerprint density at radius 1 is 0.818 bits per heavy atom. The fourth-order valence-corrected chi connectivity index (χ4v) is 3.59. The van der Waals surface area contributed by atoms with E-state index < -0.39 is 0 Å². The molecule has 0 amide bonds. The minimum atomic E-state index is 0.193. The number of thioether (sulfide) groups is 1. The molecule has 22 heavy (non-hydrogen) atoms. The Kier molecular flexibility index (Phi) is 14.6. The highest BCUT2D eigenvalue weighted by atomic mass is 32.2. The second-order valence-electron chi connectivity index (χ2n) is 6.96. The maximum Gasteiger partial charge on any atom is 0.0579 e. The van der Waals surface area contributed by atoms with Crippen molar-refractivity contribution in [3.63, 3.8) is 0 Å². The zero-order valence-corrected chi connectivity index (χ0v) is 16.9. The van der Waals surface area contributed by atoms with Crippen LogP contribution in [-0.2, 0) is 0 Å². The summed E-state index contributed by atoms with van der Waals surface area (Å²) < 4.78 is 0. The van der Waals surface area contributed by atoms with Crippen LogP contribution in [0.1, 0.15) is 105 Å². The fourth-order valence-electron chi connectivity index (χ4n) is 3.02. The molecule has 0 aromatic carbocycles. The second-order valence-corrected chi connectivity index (χ2v) is 8.23. The highest BCUT2D eigenvalue weighted by Gasteiger charge is 2.22. The third kappa shape index (κ3) is 12.6. The van der Waals surface area contributed by atoms with Gasteiger partial charge in [-0.15, -0.1) is 0 Å². The normalized spacial score (nSPS) is 15.0. The first-order chi connectivity index (χ1) is 10.6. The molecule has 0 spiro atoms. The van der Waals surface area contributed by atoms with Gasteiger partial charge in [0.05, 0.1) is 5.54 Å². The van der Waals surface area contributed by atoms with Gasteiger partial charge in [0.25, 0.3) is 0 Å². The molecule has 132 valence electrons. The average molecular weight is 328 g/mol. The Morgan fingerprint density at radius 2 is 1.32 bits per heavy atom. The van der Waals surface area contributed by atoms with Crippen molar-refractivity contribution in [3.05, 3.63) is 0 Å². The largest absolute Gasteiger partial charge is 0.287 e. The van der Waals surface area contributed by atoms with Crippen molar-refractivity contribution in [2.75, 3.05) is 11.5 Å². The first-order valence-electron chi connectivity index (χ1n) is 9.71. The summed E-state index contributed by atoms with van der Waals surface area (Å²) in [6.45, 7) is 11.4. The van der Waals surface area contributed by atoms with Crippen LogP contribution in [0.3, 0.4) is 0 Å². The van der Waals surface area contributed by atoms with Gasteiger partial charge in [-0.3, -0.25) is 4.99 Å². The molecular weight excluding hydrogens is 286 g/mol. The summed E-state index contributed by atoms with van der Waals surface area (Å²) in [7, 11) is 0. The molecule has 0 heterocycles. The van der Waals surface area contributed by atoms with Crippen molar-refractivity contribution >= 4 is 17.5 Å². The standard InChI is InChI=1S/C20H41NS/c1-6-9-11-13-15-17-20(5,16-14-12-10-7-2)21-19(4)18-22-8-3/h6-18H2,1-5H3/b21-19-. The maximum absolute atomic E-state index is 5.16. The van der Waals surface area contributed by atoms with Gasteiger partial charge in [0.1, 0.15) is 0 Å². The number of hydrogen-bond donors (Lipinski definition) is 0. The summed E-state index contributed by atoms with van der Waals surface area (Å²) >= 11 is 1.99. The number of unbranched alkanes of at least 4 members (excludes halogenated alkanes) is 7. The predicted octanol–water partition coefficient (Wildman–Crippen LogP) is 7.29. The number of aliphatic imine (C=N–C) groups is 1. The summed E-state index contributed by atoms with van der Waals surface area (Å²) in [5.41, 5.74) is 1.54. The van der Waals surface area contributed by atoms with Crippen LogP contribution in [0.4, 0.5) is 0 Å². The Bertz CT molecular complexity index is 275. The van der Waals surface area contributed by atoms with E-state index in [-0.39, 0.29) is 5.54 Å². The van der Waals surface area contributed by atoms with Gasteiger partial charge >= 0.3 is 0 Å². The third-order valence-electron chi connectivity index (χ3n) is 4.36. The van der Waals surface area contributed by atoms with E-state index in [0.29, 0.717) is 0 Å². The molecule has 0 saturated carbocycles. The second kappa shape index (κ2) is 14.6. The predicted molar refractivity (Wildman–Crippen MR) is 107 cm³/mol. The Hall–Kier alpha value is 0.0200. The van der Waals surface area contributed by atoms with Crippen molar-refractivity contribution in [1.82, 2.24) is 0 Å². The molecule has 1 unspecified atom stereocenters. The van der Waals surface area contributed by atoms with E-state index in [1.807, 2.05) is 11.8 Å². The van der Waals surface area contributed by atoms with Gasteiger partial charge in [-0.05, 0) is 32.4 Å². The van der Waals surface area contributed by atoms with E-state index in [9.17, 15) is 0 Å². The molecule has 0 bridgehead atoms. The molecule has 0 aliphatic heterocycles. The third-order valence-corrected chi connectivity index (χ3v) is 5.39. The van der Waals surface area contributed by atoms with Crippen molar-refractivity contribution < 1.29 is 0 Å². The Balaban J connectivity index is 4.39. The van der Waals surface area contributed by atoms with E-state index in [2.05, 4.69) is 34.6 Å². The Morgan fingerprint density at radius 3 is 1.82 bits per heavy atom. The van der Waals surface area contributed by atoms with Crippen LogP contribution in [0, 0.1) is 0 Å². The molecule has 0 saturated heterocycles. The molecule has 2 heteroatoms. The summed E-state index contributed by atoms with van der Waals surface area (Å²) in [6, 6.07) is 0. The first-order valence-corrected chi connectivity index (χ1v) is 10.9. The highest BCUT2D eigenvalue weighted by Crippen LogP contribution is 2.27. The molecule has 0 fully saturated rings. The average Bonchev–Trinajstić information content (AvgIpc) is 2.49. The van der Waals surface area contributed by atoms with Gasteiger partial charge in [0.15, 0.2) is 0 Å². The van der Waals surface area contributed by atoms with E-state index in [1.54, 1.807) is 0 Å². The van der Waals surface area contributed by atoms with Gasteiger partial charge < -0.3 is 0 Å². The van der Waals surface area contributed by atoms with E-state index in [1.165, 1.54) is 82.1 Å². The van der Waals surface area contributed by atoms with Crippen LogP contribution in [0.5, 0.6) is 0 Å². The van der Waals surface area contributed by atoms with Crippen molar-refractivity contribution in [1.29, 1.82) is 0 Å². The van der Waals surface area contributed by atoms with E-state index in [4.69, 9.17) is 4.99 Å².